The molecule has 0 spiro atoms. The second kappa shape index (κ2) is 6.81. The minimum atomic E-state index is -0.976. The summed E-state index contributed by atoms with van der Waals surface area (Å²) in [5, 5.41) is 6.45. The van der Waals surface area contributed by atoms with Crippen LogP contribution in [0.4, 0.5) is 11.4 Å². The Morgan fingerprint density at radius 3 is 2.38 bits per heavy atom. The molecular formula is C22H17BrN2O. The summed E-state index contributed by atoms with van der Waals surface area (Å²) < 4.78 is 0.907. The molecule has 4 heteroatoms. The van der Waals surface area contributed by atoms with Crippen LogP contribution in [0.1, 0.15) is 11.1 Å². The van der Waals surface area contributed by atoms with Crippen molar-refractivity contribution in [1.82, 2.24) is 0 Å². The topological polar surface area (TPSA) is 41.1 Å². The lowest BCUT2D eigenvalue weighted by Gasteiger charge is -2.27. The molecule has 1 aliphatic rings. The first-order chi connectivity index (χ1) is 12.7. The number of benzene rings is 3. The molecule has 3 aromatic rings. The van der Waals surface area contributed by atoms with Gasteiger partial charge in [-0.1, -0.05) is 66.7 Å². The third-order valence-electron chi connectivity index (χ3n) is 4.49. The minimum absolute atomic E-state index is 0.0957. The van der Waals surface area contributed by atoms with E-state index in [1.165, 1.54) is 0 Å². The van der Waals surface area contributed by atoms with E-state index in [0.29, 0.717) is 0 Å². The lowest BCUT2D eigenvalue weighted by Crippen LogP contribution is -2.40. The fraction of sp³-hybridized carbons (Fsp3) is 0.0455. The van der Waals surface area contributed by atoms with Gasteiger partial charge in [0.2, 0.25) is 0 Å². The van der Waals surface area contributed by atoms with Crippen LogP contribution in [0.25, 0.3) is 6.08 Å². The van der Waals surface area contributed by atoms with Crippen LogP contribution in [-0.2, 0) is 10.3 Å². The van der Waals surface area contributed by atoms with Gasteiger partial charge in [0, 0.05) is 21.4 Å². The highest BCUT2D eigenvalue weighted by molar-refractivity contribution is 9.10. The highest BCUT2D eigenvalue weighted by atomic mass is 79.9. The van der Waals surface area contributed by atoms with Gasteiger partial charge in [0.15, 0.2) is 5.54 Å². The molecule has 3 nitrogen and oxygen atoms in total. The summed E-state index contributed by atoms with van der Waals surface area (Å²) >= 11 is 3.57. The van der Waals surface area contributed by atoms with Crippen LogP contribution in [0.15, 0.2) is 89.4 Å². The molecule has 0 saturated carbocycles. The van der Waals surface area contributed by atoms with Crippen molar-refractivity contribution in [3.05, 3.63) is 101 Å². The van der Waals surface area contributed by atoms with E-state index >= 15 is 0 Å². The largest absolute Gasteiger partial charge is 0.363 e. The molecule has 0 aromatic heterocycles. The van der Waals surface area contributed by atoms with Gasteiger partial charge in [-0.3, -0.25) is 4.79 Å². The van der Waals surface area contributed by atoms with Gasteiger partial charge >= 0.3 is 0 Å². The first-order valence-corrected chi connectivity index (χ1v) is 9.16. The molecule has 1 unspecified atom stereocenters. The number of para-hydroxylation sites is 2. The maximum absolute atomic E-state index is 13.0. The van der Waals surface area contributed by atoms with Gasteiger partial charge < -0.3 is 10.6 Å². The van der Waals surface area contributed by atoms with Gasteiger partial charge in [0.05, 0.1) is 0 Å². The average Bonchev–Trinajstić information content (AvgIpc) is 2.95. The molecule has 0 aliphatic carbocycles. The maximum atomic E-state index is 13.0. The van der Waals surface area contributed by atoms with Gasteiger partial charge in [-0.15, -0.1) is 0 Å². The maximum Gasteiger partial charge on any atom is 0.258 e. The van der Waals surface area contributed by atoms with E-state index in [-0.39, 0.29) is 5.91 Å². The molecule has 0 radical (unpaired) electrons. The Balaban J connectivity index is 1.83. The molecule has 128 valence electrons. The molecule has 0 fully saturated rings. The van der Waals surface area contributed by atoms with Crippen LogP contribution in [0.5, 0.6) is 0 Å². The smallest absolute Gasteiger partial charge is 0.258 e. The number of anilines is 2. The van der Waals surface area contributed by atoms with E-state index in [1.807, 2.05) is 91.0 Å². The Morgan fingerprint density at radius 2 is 1.58 bits per heavy atom. The number of amides is 1. The van der Waals surface area contributed by atoms with E-state index in [9.17, 15) is 4.79 Å². The van der Waals surface area contributed by atoms with E-state index < -0.39 is 5.54 Å². The molecule has 1 atom stereocenters. The van der Waals surface area contributed by atoms with E-state index in [2.05, 4.69) is 26.6 Å². The van der Waals surface area contributed by atoms with Crippen molar-refractivity contribution < 1.29 is 4.79 Å². The molecule has 0 saturated heterocycles. The summed E-state index contributed by atoms with van der Waals surface area (Å²) in [7, 11) is 0. The Bertz CT molecular complexity index is 984. The van der Waals surface area contributed by atoms with Crippen molar-refractivity contribution in [2.24, 2.45) is 0 Å². The fourth-order valence-corrected chi connectivity index (χ4v) is 3.55. The number of hydrogen-bond donors (Lipinski definition) is 2. The standard InChI is InChI=1S/C22H17BrN2O/c23-18-11-5-7-13-20(18)25-22(15-14-16-8-2-1-3-9-16)17-10-4-6-12-19(17)24-21(22)26/h1-15,25H,(H,24,26)/b15-14+. The number of carbonyl (C=O) groups excluding carboxylic acids is 1. The van der Waals surface area contributed by atoms with Crippen molar-refractivity contribution in [3.63, 3.8) is 0 Å². The Labute approximate surface area is 160 Å². The van der Waals surface area contributed by atoms with Gasteiger partial charge in [0.1, 0.15) is 0 Å². The average molecular weight is 405 g/mol. The number of fused-ring (bicyclic) bond motifs is 1. The zero-order valence-corrected chi connectivity index (χ0v) is 15.5. The van der Waals surface area contributed by atoms with Gasteiger partial charge in [-0.2, -0.15) is 0 Å². The molecule has 1 aliphatic heterocycles. The first kappa shape index (κ1) is 16.6. The summed E-state index contributed by atoms with van der Waals surface area (Å²) in [6.45, 7) is 0. The van der Waals surface area contributed by atoms with Gasteiger partial charge in [0.25, 0.3) is 5.91 Å². The van der Waals surface area contributed by atoms with E-state index in [0.717, 1.165) is 27.0 Å². The van der Waals surface area contributed by atoms with Crippen LogP contribution in [0, 0.1) is 0 Å². The molecule has 3 aromatic carbocycles. The number of halogens is 1. The third-order valence-corrected chi connectivity index (χ3v) is 5.18. The zero-order chi connectivity index (χ0) is 18.0. The second-order valence-electron chi connectivity index (χ2n) is 6.16. The monoisotopic (exact) mass is 404 g/mol. The Hall–Kier alpha value is -2.85. The minimum Gasteiger partial charge on any atom is -0.363 e. The second-order valence-corrected chi connectivity index (χ2v) is 7.01. The molecule has 1 amide bonds. The number of nitrogens with one attached hydrogen (secondary N) is 2. The highest BCUT2D eigenvalue weighted by Gasteiger charge is 2.45. The molecule has 4 rings (SSSR count). The lowest BCUT2D eigenvalue weighted by atomic mass is 9.89. The summed E-state index contributed by atoms with van der Waals surface area (Å²) in [6.07, 6.45) is 3.91. The van der Waals surface area contributed by atoms with Crippen LogP contribution in [-0.4, -0.2) is 5.91 Å². The van der Waals surface area contributed by atoms with Crippen molar-refractivity contribution >= 4 is 39.3 Å². The molecular weight excluding hydrogens is 388 g/mol. The number of rotatable bonds is 4. The Morgan fingerprint density at radius 1 is 0.885 bits per heavy atom. The van der Waals surface area contributed by atoms with Crippen molar-refractivity contribution in [2.75, 3.05) is 10.6 Å². The molecule has 2 N–H and O–H groups in total. The predicted octanol–water partition coefficient (Wildman–Crippen LogP) is 5.42. The third kappa shape index (κ3) is 2.93. The summed E-state index contributed by atoms with van der Waals surface area (Å²) in [6, 6.07) is 25.6. The predicted molar refractivity (Wildman–Crippen MR) is 110 cm³/mol. The number of hydrogen-bond acceptors (Lipinski definition) is 2. The normalized spacial score (nSPS) is 18.6. The number of carbonyl (C=O) groups is 1. The first-order valence-electron chi connectivity index (χ1n) is 8.37. The molecule has 0 bridgehead atoms. The summed E-state index contributed by atoms with van der Waals surface area (Å²) in [5.41, 5.74) is 2.66. The zero-order valence-electron chi connectivity index (χ0n) is 13.9. The van der Waals surface area contributed by atoms with Gasteiger partial charge in [-0.25, -0.2) is 0 Å². The van der Waals surface area contributed by atoms with Crippen LogP contribution < -0.4 is 10.6 Å². The van der Waals surface area contributed by atoms with Crippen molar-refractivity contribution in [2.45, 2.75) is 5.54 Å². The molecule has 26 heavy (non-hydrogen) atoms. The van der Waals surface area contributed by atoms with Crippen LogP contribution in [0.3, 0.4) is 0 Å². The van der Waals surface area contributed by atoms with E-state index in [4.69, 9.17) is 0 Å². The van der Waals surface area contributed by atoms with Crippen molar-refractivity contribution in [1.29, 1.82) is 0 Å². The van der Waals surface area contributed by atoms with Crippen LogP contribution in [0.2, 0.25) is 0 Å². The SMILES string of the molecule is O=C1Nc2ccccc2C1(/C=C/c1ccccc1)Nc1ccccc1Br. The quantitative estimate of drug-likeness (QED) is 0.609. The Kier molecular flexibility index (Phi) is 4.35. The summed E-state index contributed by atoms with van der Waals surface area (Å²) in [5.74, 6) is -0.0957. The van der Waals surface area contributed by atoms with Crippen LogP contribution >= 0.6 is 15.9 Å². The van der Waals surface area contributed by atoms with E-state index in [1.54, 1.807) is 0 Å². The highest BCUT2D eigenvalue weighted by Crippen LogP contribution is 2.41. The summed E-state index contributed by atoms with van der Waals surface area (Å²) in [4.78, 5) is 13.0. The van der Waals surface area contributed by atoms with Gasteiger partial charge in [-0.05, 0) is 45.8 Å². The fourth-order valence-electron chi connectivity index (χ4n) is 3.17. The lowest BCUT2D eigenvalue weighted by molar-refractivity contribution is -0.118. The van der Waals surface area contributed by atoms with Crippen molar-refractivity contribution in [3.8, 4) is 0 Å². The molecule has 1 heterocycles.